The summed E-state index contributed by atoms with van der Waals surface area (Å²) in [6.45, 7) is 4.20. The van der Waals surface area contributed by atoms with Crippen molar-refractivity contribution in [1.82, 2.24) is 25.0 Å². The van der Waals surface area contributed by atoms with Crippen LogP contribution in [0.5, 0.6) is 0 Å². The normalized spacial score (nSPS) is 11.3. The first-order chi connectivity index (χ1) is 13.0. The van der Waals surface area contributed by atoms with Gasteiger partial charge in [-0.05, 0) is 29.7 Å². The molecule has 0 aliphatic heterocycles. The van der Waals surface area contributed by atoms with Crippen molar-refractivity contribution in [3.05, 3.63) is 59.8 Å². The van der Waals surface area contributed by atoms with Crippen molar-refractivity contribution >= 4 is 22.7 Å². The molecule has 1 N–H and O–H groups in total. The van der Waals surface area contributed by atoms with Crippen LogP contribution in [-0.4, -0.2) is 25.0 Å². The van der Waals surface area contributed by atoms with Gasteiger partial charge < -0.3 is 10.5 Å². The van der Waals surface area contributed by atoms with Gasteiger partial charge in [0.25, 0.3) is 0 Å². The predicted octanol–water partition coefficient (Wildman–Crippen LogP) is 2.93. The van der Waals surface area contributed by atoms with Crippen LogP contribution < -0.4 is 10.0 Å². The largest absolute Gasteiger partial charge is 0.618 e. The fraction of sp³-hybridized carbons (Fsp3) is 0.211. The number of aromatic nitrogens is 6. The molecule has 136 valence electrons. The molecule has 4 aromatic rings. The van der Waals surface area contributed by atoms with Gasteiger partial charge in [0.05, 0.1) is 18.0 Å². The Balaban J connectivity index is 1.71. The Morgan fingerprint density at radius 3 is 2.70 bits per heavy atom. The summed E-state index contributed by atoms with van der Waals surface area (Å²) in [4.78, 5) is 4.57. The molecule has 0 amide bonds. The standard InChI is InChI=1S/C19H19N7O/c1-12(2)13-7-19(24-20-8-13)23-18-5-4-17-16(22-18)6-14(11-26(17)27)15-9-21-25(3)10-15/h4-12H,1-3H3,(H,22,23,24). The second-order valence-corrected chi connectivity index (χ2v) is 6.71. The van der Waals surface area contributed by atoms with E-state index in [4.69, 9.17) is 0 Å². The summed E-state index contributed by atoms with van der Waals surface area (Å²) in [6.07, 6.45) is 6.86. The molecule has 0 fully saturated rings. The van der Waals surface area contributed by atoms with Crippen molar-refractivity contribution < 1.29 is 4.73 Å². The number of hydrogen-bond donors (Lipinski definition) is 1. The Kier molecular flexibility index (Phi) is 4.15. The fourth-order valence-corrected chi connectivity index (χ4v) is 2.83. The van der Waals surface area contributed by atoms with E-state index in [-0.39, 0.29) is 0 Å². The molecule has 0 spiro atoms. The quantitative estimate of drug-likeness (QED) is 0.443. The molecule has 4 aromatic heterocycles. The van der Waals surface area contributed by atoms with E-state index in [1.165, 1.54) is 6.20 Å². The van der Waals surface area contributed by atoms with Gasteiger partial charge in [0.2, 0.25) is 5.52 Å². The van der Waals surface area contributed by atoms with Crippen molar-refractivity contribution in [2.45, 2.75) is 19.8 Å². The summed E-state index contributed by atoms with van der Waals surface area (Å²) in [5.41, 5.74) is 3.79. The summed E-state index contributed by atoms with van der Waals surface area (Å²) in [6, 6.07) is 7.32. The molecule has 0 saturated heterocycles. The van der Waals surface area contributed by atoms with Crippen LogP contribution in [0.3, 0.4) is 0 Å². The number of aryl methyl sites for hydroxylation is 1. The van der Waals surface area contributed by atoms with Gasteiger partial charge in [-0.25, -0.2) is 4.98 Å². The minimum absolute atomic E-state index is 0.354. The topological polar surface area (TPSA) is 95.5 Å². The Morgan fingerprint density at radius 1 is 1.11 bits per heavy atom. The number of nitrogens with one attached hydrogen (secondary N) is 1. The monoisotopic (exact) mass is 361 g/mol. The third kappa shape index (κ3) is 3.41. The molecular weight excluding hydrogens is 342 g/mol. The van der Waals surface area contributed by atoms with E-state index < -0.39 is 0 Å². The van der Waals surface area contributed by atoms with Crippen molar-refractivity contribution in [2.75, 3.05) is 5.32 Å². The molecule has 0 unspecified atom stereocenters. The van der Waals surface area contributed by atoms with E-state index >= 15 is 0 Å². The van der Waals surface area contributed by atoms with Crippen LogP contribution in [0.2, 0.25) is 0 Å². The summed E-state index contributed by atoms with van der Waals surface area (Å²) in [7, 11) is 1.84. The molecule has 0 aliphatic carbocycles. The minimum atomic E-state index is 0.354. The van der Waals surface area contributed by atoms with E-state index in [0.717, 1.165) is 21.4 Å². The molecule has 0 radical (unpaired) electrons. The zero-order valence-corrected chi connectivity index (χ0v) is 15.3. The van der Waals surface area contributed by atoms with Crippen molar-refractivity contribution in [3.8, 4) is 11.1 Å². The lowest BCUT2D eigenvalue weighted by Crippen LogP contribution is -2.26. The van der Waals surface area contributed by atoms with Gasteiger partial charge in [-0.1, -0.05) is 13.8 Å². The molecule has 0 aliphatic rings. The second kappa shape index (κ2) is 6.64. The lowest BCUT2D eigenvalue weighted by molar-refractivity contribution is -0.576. The van der Waals surface area contributed by atoms with Gasteiger partial charge in [-0.15, -0.1) is 5.10 Å². The molecule has 0 aromatic carbocycles. The average molecular weight is 361 g/mol. The highest BCUT2D eigenvalue weighted by Crippen LogP contribution is 2.23. The summed E-state index contributed by atoms with van der Waals surface area (Å²) < 4.78 is 2.52. The minimum Gasteiger partial charge on any atom is -0.618 e. The Bertz CT molecular complexity index is 1120. The van der Waals surface area contributed by atoms with Gasteiger partial charge in [0, 0.05) is 24.9 Å². The van der Waals surface area contributed by atoms with Crippen LogP contribution in [0, 0.1) is 5.21 Å². The SMILES string of the molecule is CC(C)c1cnnc(Nc2ccc3c(cc(-c4cnn(C)c4)c[n+]3[O-])n2)c1. The van der Waals surface area contributed by atoms with Gasteiger partial charge in [-0.2, -0.15) is 14.9 Å². The third-order valence-corrected chi connectivity index (χ3v) is 4.33. The molecule has 8 heteroatoms. The van der Waals surface area contributed by atoms with Crippen LogP contribution in [0.15, 0.2) is 49.1 Å². The number of pyridine rings is 2. The lowest BCUT2D eigenvalue weighted by atomic mass is 10.1. The molecule has 4 rings (SSSR count). The highest BCUT2D eigenvalue weighted by molar-refractivity contribution is 5.79. The number of anilines is 2. The zero-order valence-electron chi connectivity index (χ0n) is 15.3. The van der Waals surface area contributed by atoms with Crippen molar-refractivity contribution in [3.63, 3.8) is 0 Å². The van der Waals surface area contributed by atoms with Gasteiger partial charge >= 0.3 is 0 Å². The molecule has 0 saturated carbocycles. The first kappa shape index (κ1) is 16.9. The molecule has 0 atom stereocenters. The highest BCUT2D eigenvalue weighted by atomic mass is 16.5. The van der Waals surface area contributed by atoms with E-state index in [0.29, 0.717) is 28.6 Å². The molecule has 4 heterocycles. The first-order valence-corrected chi connectivity index (χ1v) is 8.62. The number of hydrogen-bond acceptors (Lipinski definition) is 6. The van der Waals surface area contributed by atoms with Crippen LogP contribution >= 0.6 is 0 Å². The smallest absolute Gasteiger partial charge is 0.242 e. The van der Waals surface area contributed by atoms with Crippen LogP contribution in [0.4, 0.5) is 11.6 Å². The van der Waals surface area contributed by atoms with E-state index in [1.54, 1.807) is 29.2 Å². The Hall–Kier alpha value is -3.55. The zero-order chi connectivity index (χ0) is 19.0. The van der Waals surface area contributed by atoms with Crippen molar-refractivity contribution in [1.29, 1.82) is 0 Å². The number of rotatable bonds is 4. The first-order valence-electron chi connectivity index (χ1n) is 8.62. The fourth-order valence-electron chi connectivity index (χ4n) is 2.83. The molecule has 27 heavy (non-hydrogen) atoms. The number of fused-ring (bicyclic) bond motifs is 1. The highest BCUT2D eigenvalue weighted by Gasteiger charge is 2.12. The van der Waals surface area contributed by atoms with Crippen LogP contribution in [0.1, 0.15) is 25.3 Å². The maximum Gasteiger partial charge on any atom is 0.242 e. The summed E-state index contributed by atoms with van der Waals surface area (Å²) in [5.74, 6) is 1.57. The van der Waals surface area contributed by atoms with E-state index in [2.05, 4.69) is 39.4 Å². The maximum atomic E-state index is 12.4. The van der Waals surface area contributed by atoms with Gasteiger partial charge in [0.1, 0.15) is 11.3 Å². The third-order valence-electron chi connectivity index (χ3n) is 4.33. The van der Waals surface area contributed by atoms with Gasteiger partial charge in [0.15, 0.2) is 12.0 Å². The maximum absolute atomic E-state index is 12.4. The number of nitrogens with zero attached hydrogens (tertiary/aromatic N) is 6. The summed E-state index contributed by atoms with van der Waals surface area (Å²) >= 11 is 0. The second-order valence-electron chi connectivity index (χ2n) is 6.71. The van der Waals surface area contributed by atoms with E-state index in [9.17, 15) is 5.21 Å². The Morgan fingerprint density at radius 2 is 1.96 bits per heavy atom. The van der Waals surface area contributed by atoms with Gasteiger partial charge in [-0.3, -0.25) is 4.68 Å². The molecular formula is C19H19N7O. The van der Waals surface area contributed by atoms with Crippen molar-refractivity contribution in [2.24, 2.45) is 7.05 Å². The lowest BCUT2D eigenvalue weighted by Gasteiger charge is -2.09. The van der Waals surface area contributed by atoms with Crippen LogP contribution in [0.25, 0.3) is 22.2 Å². The average Bonchev–Trinajstić information content (AvgIpc) is 3.08. The van der Waals surface area contributed by atoms with Crippen LogP contribution in [-0.2, 0) is 7.05 Å². The summed E-state index contributed by atoms with van der Waals surface area (Å²) in [5, 5.41) is 27.8. The molecule has 0 bridgehead atoms. The van der Waals surface area contributed by atoms with E-state index in [1.807, 2.05) is 25.4 Å². The molecule has 8 nitrogen and oxygen atoms in total. The predicted molar refractivity (Wildman–Crippen MR) is 102 cm³/mol. The Labute approximate surface area is 156 Å².